The number of phenols is 5. The molecule has 0 aliphatic rings. The van der Waals surface area contributed by atoms with Crippen molar-refractivity contribution in [3.8, 4) is 34.5 Å². The van der Waals surface area contributed by atoms with E-state index in [4.69, 9.17) is 9.84 Å². The molecule has 7 N–H and O–H groups in total. The topological polar surface area (TPSA) is 168 Å². The minimum absolute atomic E-state index is 0.150. The zero-order chi connectivity index (χ0) is 23.6. The van der Waals surface area contributed by atoms with Crippen molar-refractivity contribution in [2.24, 2.45) is 0 Å². The summed E-state index contributed by atoms with van der Waals surface area (Å²) in [6, 6.07) is 10.2. The van der Waals surface area contributed by atoms with Crippen LogP contribution in [0.1, 0.15) is 33.0 Å². The second-order valence-corrected chi connectivity index (χ2v) is 7.26. The number of carboxylic acid groups (broad SMARTS) is 1. The number of carbonyl (C=O) groups is 1. The van der Waals surface area contributed by atoms with Gasteiger partial charge < -0.3 is 40.5 Å². The monoisotopic (exact) mass is 442 g/mol. The van der Waals surface area contributed by atoms with Gasteiger partial charge in [0.15, 0.2) is 11.5 Å². The number of ether oxygens (including phenoxy) is 1. The van der Waals surface area contributed by atoms with Crippen LogP contribution >= 0.6 is 0 Å². The van der Waals surface area contributed by atoms with Gasteiger partial charge in [-0.05, 0) is 19.1 Å². The Hall–Kier alpha value is -4.11. The fourth-order valence-electron chi connectivity index (χ4n) is 3.48. The molecule has 2 atom stereocenters. The van der Waals surface area contributed by atoms with E-state index in [9.17, 15) is 35.4 Å². The Kier molecular flexibility index (Phi) is 6.31. The number of aromatic carboxylic acids is 1. The molecule has 2 unspecified atom stereocenters. The summed E-state index contributed by atoms with van der Waals surface area (Å²) in [6.07, 6.45) is -1.21. The van der Waals surface area contributed by atoms with E-state index in [2.05, 4.69) is 0 Å². The van der Waals surface area contributed by atoms with Crippen molar-refractivity contribution in [3.63, 3.8) is 0 Å². The van der Waals surface area contributed by atoms with Gasteiger partial charge >= 0.3 is 5.97 Å². The van der Waals surface area contributed by atoms with E-state index in [1.165, 1.54) is 18.2 Å². The summed E-state index contributed by atoms with van der Waals surface area (Å²) < 4.78 is 5.72. The molecule has 0 aliphatic heterocycles. The first kappa shape index (κ1) is 22.6. The first-order valence-corrected chi connectivity index (χ1v) is 9.50. The van der Waals surface area contributed by atoms with E-state index in [1.54, 1.807) is 19.1 Å². The van der Waals surface area contributed by atoms with E-state index >= 15 is 0 Å². The average molecular weight is 442 g/mol. The molecule has 0 amide bonds. The summed E-state index contributed by atoms with van der Waals surface area (Å²) in [6.45, 7) is 1.12. The molecule has 0 aromatic heterocycles. The van der Waals surface area contributed by atoms with Crippen molar-refractivity contribution in [1.29, 1.82) is 0 Å². The van der Waals surface area contributed by atoms with Crippen LogP contribution in [0.5, 0.6) is 34.5 Å². The summed E-state index contributed by atoms with van der Waals surface area (Å²) in [7, 11) is 0. The Morgan fingerprint density at radius 1 is 0.844 bits per heavy atom. The zero-order valence-electron chi connectivity index (χ0n) is 16.9. The summed E-state index contributed by atoms with van der Waals surface area (Å²) in [5.74, 6) is -4.70. The SMILES string of the molecule is Cc1ccc(O)c(C(c2ccc(O)cc2O)C(CO)Oc2cc(O)c(C(=O)O)cc2O)c1. The lowest BCUT2D eigenvalue weighted by atomic mass is 9.84. The van der Waals surface area contributed by atoms with E-state index in [0.29, 0.717) is 0 Å². The van der Waals surface area contributed by atoms with Gasteiger partial charge in [0.25, 0.3) is 0 Å². The first-order valence-electron chi connectivity index (χ1n) is 9.50. The molecule has 0 fully saturated rings. The number of aliphatic hydroxyl groups excluding tert-OH is 1. The zero-order valence-corrected chi connectivity index (χ0v) is 16.9. The van der Waals surface area contributed by atoms with E-state index in [-0.39, 0.29) is 34.1 Å². The van der Waals surface area contributed by atoms with Crippen molar-refractivity contribution in [3.05, 3.63) is 70.8 Å². The van der Waals surface area contributed by atoms with Gasteiger partial charge in [0, 0.05) is 29.3 Å². The Morgan fingerprint density at radius 2 is 1.56 bits per heavy atom. The van der Waals surface area contributed by atoms with E-state index < -0.39 is 41.7 Å². The first-order chi connectivity index (χ1) is 15.1. The molecule has 168 valence electrons. The van der Waals surface area contributed by atoms with Gasteiger partial charge in [-0.15, -0.1) is 0 Å². The number of benzene rings is 3. The van der Waals surface area contributed by atoms with Crippen LogP contribution in [-0.4, -0.2) is 54.4 Å². The van der Waals surface area contributed by atoms with Crippen molar-refractivity contribution in [2.45, 2.75) is 18.9 Å². The number of aryl methyl sites for hydroxylation is 1. The number of aromatic hydroxyl groups is 5. The van der Waals surface area contributed by atoms with Crippen molar-refractivity contribution in [1.82, 2.24) is 0 Å². The van der Waals surface area contributed by atoms with Gasteiger partial charge in [-0.3, -0.25) is 0 Å². The molecular formula is C23H22O9. The maximum absolute atomic E-state index is 11.1. The number of phenolic OH excluding ortho intramolecular Hbond substituents is 4. The van der Waals surface area contributed by atoms with Crippen LogP contribution in [0.15, 0.2) is 48.5 Å². The molecule has 0 heterocycles. The predicted molar refractivity (Wildman–Crippen MR) is 113 cm³/mol. The van der Waals surface area contributed by atoms with Crippen LogP contribution in [0.3, 0.4) is 0 Å². The van der Waals surface area contributed by atoms with Crippen LogP contribution in [0.2, 0.25) is 0 Å². The van der Waals surface area contributed by atoms with Crippen LogP contribution < -0.4 is 4.74 Å². The van der Waals surface area contributed by atoms with Gasteiger partial charge in [0.1, 0.15) is 34.7 Å². The number of aliphatic hydroxyl groups is 1. The molecule has 32 heavy (non-hydrogen) atoms. The Labute approximate surface area is 182 Å². The third-order valence-corrected chi connectivity index (χ3v) is 5.00. The van der Waals surface area contributed by atoms with Crippen molar-refractivity contribution in [2.75, 3.05) is 6.61 Å². The summed E-state index contributed by atoms with van der Waals surface area (Å²) in [4.78, 5) is 11.1. The smallest absolute Gasteiger partial charge is 0.339 e. The normalized spacial score (nSPS) is 12.8. The second kappa shape index (κ2) is 8.94. The number of carboxylic acids is 1. The number of hydrogen-bond donors (Lipinski definition) is 7. The molecule has 0 saturated heterocycles. The minimum atomic E-state index is -1.46. The van der Waals surface area contributed by atoms with Crippen LogP contribution in [0.4, 0.5) is 0 Å². The van der Waals surface area contributed by atoms with Crippen molar-refractivity contribution < 1.29 is 45.3 Å². The quantitative estimate of drug-likeness (QED) is 0.272. The number of rotatable bonds is 7. The molecule has 0 radical (unpaired) electrons. The summed E-state index contributed by atoms with van der Waals surface area (Å²) in [5.41, 5.74) is 0.716. The van der Waals surface area contributed by atoms with Gasteiger partial charge in [-0.1, -0.05) is 23.8 Å². The molecule has 9 nitrogen and oxygen atoms in total. The molecule has 0 saturated carbocycles. The van der Waals surface area contributed by atoms with Crippen molar-refractivity contribution >= 4 is 5.97 Å². The third kappa shape index (κ3) is 4.47. The lowest BCUT2D eigenvalue weighted by Crippen LogP contribution is -2.30. The Morgan fingerprint density at radius 3 is 2.19 bits per heavy atom. The minimum Gasteiger partial charge on any atom is -0.508 e. The molecule has 3 aromatic carbocycles. The highest BCUT2D eigenvalue weighted by Gasteiger charge is 2.32. The van der Waals surface area contributed by atoms with Crippen LogP contribution in [0, 0.1) is 6.92 Å². The molecule has 3 aromatic rings. The highest BCUT2D eigenvalue weighted by atomic mass is 16.5. The van der Waals surface area contributed by atoms with Gasteiger partial charge in [0.05, 0.1) is 12.5 Å². The third-order valence-electron chi connectivity index (χ3n) is 5.00. The second-order valence-electron chi connectivity index (χ2n) is 7.26. The molecule has 9 heteroatoms. The van der Waals surface area contributed by atoms with Gasteiger partial charge in [-0.2, -0.15) is 0 Å². The Balaban J connectivity index is 2.14. The molecule has 0 aliphatic carbocycles. The maximum Gasteiger partial charge on any atom is 0.339 e. The molecule has 0 bridgehead atoms. The van der Waals surface area contributed by atoms with Gasteiger partial charge in [-0.25, -0.2) is 4.79 Å². The molecule has 0 spiro atoms. The largest absolute Gasteiger partial charge is 0.508 e. The Bertz CT molecular complexity index is 1160. The predicted octanol–water partition coefficient (Wildman–Crippen LogP) is 2.79. The fourth-order valence-corrected chi connectivity index (χ4v) is 3.48. The molecular weight excluding hydrogens is 420 g/mol. The van der Waals surface area contributed by atoms with E-state index in [1.807, 2.05) is 0 Å². The summed E-state index contributed by atoms with van der Waals surface area (Å²) in [5, 5.41) is 70.0. The fraction of sp³-hybridized carbons (Fsp3) is 0.174. The highest BCUT2D eigenvalue weighted by molar-refractivity contribution is 5.91. The molecule has 3 rings (SSSR count). The van der Waals surface area contributed by atoms with Crippen LogP contribution in [0.25, 0.3) is 0 Å². The maximum atomic E-state index is 11.1. The average Bonchev–Trinajstić information content (AvgIpc) is 2.73. The standard InChI is InChI=1S/C23H22O9/c1-11-2-5-16(26)14(6-11)22(13-4-3-12(25)7-17(13)27)21(10-24)32-20-9-18(28)15(23(30)31)8-19(20)29/h2-9,21-22,24-29H,10H2,1H3,(H,30,31). The lowest BCUT2D eigenvalue weighted by Gasteiger charge is -2.29. The van der Waals surface area contributed by atoms with Crippen LogP contribution in [-0.2, 0) is 0 Å². The number of hydrogen-bond acceptors (Lipinski definition) is 8. The lowest BCUT2D eigenvalue weighted by molar-refractivity contribution is 0.0692. The van der Waals surface area contributed by atoms with E-state index in [0.717, 1.165) is 23.8 Å². The van der Waals surface area contributed by atoms with Gasteiger partial charge in [0.2, 0.25) is 0 Å². The highest BCUT2D eigenvalue weighted by Crippen LogP contribution is 2.42. The summed E-state index contributed by atoms with van der Waals surface area (Å²) >= 11 is 0.